The summed E-state index contributed by atoms with van der Waals surface area (Å²) in [5.74, 6) is 0. The highest BCUT2D eigenvalue weighted by molar-refractivity contribution is 7.14. The number of aromatic nitrogens is 2. The highest BCUT2D eigenvalue weighted by Gasteiger charge is 2.04. The van der Waals surface area contributed by atoms with Gasteiger partial charge in [-0.2, -0.15) is 0 Å². The van der Waals surface area contributed by atoms with Crippen LogP contribution in [-0.2, 0) is 0 Å². The number of nitrogens with zero attached hydrogens (tertiary/aromatic N) is 2. The molecule has 0 radical (unpaired) electrons. The van der Waals surface area contributed by atoms with Crippen LogP contribution in [-0.4, -0.2) is 23.1 Å². The second kappa shape index (κ2) is 4.50. The van der Waals surface area contributed by atoms with Gasteiger partial charge in [-0.3, -0.25) is 0 Å². The summed E-state index contributed by atoms with van der Waals surface area (Å²) in [6.45, 7) is 1.37. The van der Waals surface area contributed by atoms with Gasteiger partial charge in [-0.15, -0.1) is 22.7 Å². The van der Waals surface area contributed by atoms with Gasteiger partial charge in [-0.1, -0.05) is 0 Å². The number of nitrogens with two attached hydrogens (primary N) is 1. The van der Waals surface area contributed by atoms with Gasteiger partial charge in [0.05, 0.1) is 5.51 Å². The lowest BCUT2D eigenvalue weighted by atomic mass is 10.4. The Morgan fingerprint density at radius 2 is 2.29 bits per heavy atom. The molecule has 2 aromatic heterocycles. The Labute approximate surface area is 89.8 Å². The summed E-state index contributed by atoms with van der Waals surface area (Å²) in [5, 5.41) is 8.02. The molecule has 0 bridgehead atoms. The maximum atomic E-state index is 5.38. The summed E-state index contributed by atoms with van der Waals surface area (Å²) in [7, 11) is 0. The molecule has 3 N–H and O–H groups in total. The van der Waals surface area contributed by atoms with Gasteiger partial charge < -0.3 is 11.1 Å². The summed E-state index contributed by atoms with van der Waals surface area (Å²) in [6.07, 6.45) is 0. The topological polar surface area (TPSA) is 63.8 Å². The third-order valence-electron chi connectivity index (χ3n) is 1.62. The van der Waals surface area contributed by atoms with Gasteiger partial charge in [-0.05, 0) is 0 Å². The van der Waals surface area contributed by atoms with Crippen molar-refractivity contribution in [1.82, 2.24) is 9.97 Å². The minimum absolute atomic E-state index is 0.617. The van der Waals surface area contributed by atoms with Crippen molar-refractivity contribution in [2.75, 3.05) is 18.4 Å². The standard InChI is InChI=1S/C8H10N4S2/c9-1-2-10-8-12-7(4-14-8)6-3-13-5-11-6/h3-5H,1-2,9H2,(H,10,12). The predicted octanol–water partition coefficient (Wildman–Crippen LogP) is 1.64. The molecule has 2 aromatic rings. The second-order valence-electron chi connectivity index (χ2n) is 2.63. The van der Waals surface area contributed by atoms with Crippen molar-refractivity contribution in [3.8, 4) is 11.4 Å². The quantitative estimate of drug-likeness (QED) is 0.832. The smallest absolute Gasteiger partial charge is 0.183 e. The Kier molecular flexibility index (Phi) is 3.07. The van der Waals surface area contributed by atoms with Crippen molar-refractivity contribution in [3.05, 3.63) is 16.3 Å². The van der Waals surface area contributed by atoms with Gasteiger partial charge in [0, 0.05) is 23.8 Å². The maximum Gasteiger partial charge on any atom is 0.183 e. The van der Waals surface area contributed by atoms with Crippen LogP contribution in [0.2, 0.25) is 0 Å². The maximum absolute atomic E-state index is 5.38. The van der Waals surface area contributed by atoms with Crippen molar-refractivity contribution < 1.29 is 0 Å². The van der Waals surface area contributed by atoms with Crippen molar-refractivity contribution in [2.24, 2.45) is 5.73 Å². The SMILES string of the molecule is NCCNc1nc(-c2cscn2)cs1. The zero-order valence-electron chi connectivity index (χ0n) is 7.43. The fraction of sp³-hybridized carbons (Fsp3) is 0.250. The first-order valence-electron chi connectivity index (χ1n) is 4.18. The van der Waals surface area contributed by atoms with Crippen molar-refractivity contribution in [2.45, 2.75) is 0 Å². The summed E-state index contributed by atoms with van der Waals surface area (Å²) in [5.41, 5.74) is 9.05. The van der Waals surface area contributed by atoms with Crippen LogP contribution in [0.25, 0.3) is 11.4 Å². The van der Waals surface area contributed by atoms with Gasteiger partial charge in [-0.25, -0.2) is 9.97 Å². The Morgan fingerprint density at radius 1 is 1.36 bits per heavy atom. The third-order valence-corrected chi connectivity index (χ3v) is 3.01. The number of hydrogen-bond donors (Lipinski definition) is 2. The summed E-state index contributed by atoms with van der Waals surface area (Å²) in [4.78, 5) is 8.58. The minimum Gasteiger partial charge on any atom is -0.360 e. The van der Waals surface area contributed by atoms with E-state index in [-0.39, 0.29) is 0 Å². The molecule has 0 atom stereocenters. The molecule has 0 fully saturated rings. The first-order valence-corrected chi connectivity index (χ1v) is 6.00. The first-order chi connectivity index (χ1) is 6.90. The fourth-order valence-electron chi connectivity index (χ4n) is 0.991. The zero-order valence-corrected chi connectivity index (χ0v) is 9.07. The van der Waals surface area contributed by atoms with Crippen LogP contribution in [0.15, 0.2) is 16.3 Å². The predicted molar refractivity (Wildman–Crippen MR) is 60.8 cm³/mol. The molecule has 0 amide bonds. The van der Waals surface area contributed by atoms with E-state index in [1.54, 1.807) is 22.7 Å². The highest BCUT2D eigenvalue weighted by atomic mass is 32.1. The molecule has 0 saturated heterocycles. The molecule has 2 rings (SSSR count). The molecule has 0 spiro atoms. The van der Waals surface area contributed by atoms with Crippen LogP contribution < -0.4 is 11.1 Å². The monoisotopic (exact) mass is 226 g/mol. The number of thiazole rings is 2. The van der Waals surface area contributed by atoms with Crippen LogP contribution in [0.4, 0.5) is 5.13 Å². The normalized spacial score (nSPS) is 10.4. The molecule has 0 aliphatic carbocycles. The van der Waals surface area contributed by atoms with Gasteiger partial charge in [0.25, 0.3) is 0 Å². The van der Waals surface area contributed by atoms with E-state index in [0.29, 0.717) is 6.54 Å². The molecule has 0 aromatic carbocycles. The Hall–Kier alpha value is -0.980. The molecule has 0 unspecified atom stereocenters. The Bertz CT molecular complexity index is 382. The van der Waals surface area contributed by atoms with E-state index in [0.717, 1.165) is 23.1 Å². The Morgan fingerprint density at radius 3 is 3.00 bits per heavy atom. The van der Waals surface area contributed by atoms with Crippen LogP contribution in [0.1, 0.15) is 0 Å². The van der Waals surface area contributed by atoms with Crippen LogP contribution in [0, 0.1) is 0 Å². The zero-order chi connectivity index (χ0) is 9.80. The minimum atomic E-state index is 0.617. The molecule has 6 heteroatoms. The van der Waals surface area contributed by atoms with Crippen molar-refractivity contribution >= 4 is 27.8 Å². The van der Waals surface area contributed by atoms with Crippen LogP contribution in [0.5, 0.6) is 0 Å². The highest BCUT2D eigenvalue weighted by Crippen LogP contribution is 2.24. The molecular weight excluding hydrogens is 216 g/mol. The van der Waals surface area contributed by atoms with Crippen molar-refractivity contribution in [1.29, 1.82) is 0 Å². The molecule has 14 heavy (non-hydrogen) atoms. The van der Waals surface area contributed by atoms with Crippen LogP contribution in [0.3, 0.4) is 0 Å². The van der Waals surface area contributed by atoms with Crippen molar-refractivity contribution in [3.63, 3.8) is 0 Å². The van der Waals surface area contributed by atoms with E-state index in [4.69, 9.17) is 5.73 Å². The molecule has 74 valence electrons. The van der Waals surface area contributed by atoms with E-state index in [1.165, 1.54) is 0 Å². The van der Waals surface area contributed by atoms with Crippen LogP contribution >= 0.6 is 22.7 Å². The lowest BCUT2D eigenvalue weighted by molar-refractivity contribution is 1.02. The molecule has 4 nitrogen and oxygen atoms in total. The largest absolute Gasteiger partial charge is 0.360 e. The first kappa shape index (κ1) is 9.57. The third kappa shape index (κ3) is 2.09. The van der Waals surface area contributed by atoms with E-state index in [9.17, 15) is 0 Å². The molecule has 0 aliphatic rings. The van der Waals surface area contributed by atoms with E-state index >= 15 is 0 Å². The van der Waals surface area contributed by atoms with E-state index < -0.39 is 0 Å². The van der Waals surface area contributed by atoms with Gasteiger partial charge in [0.2, 0.25) is 0 Å². The summed E-state index contributed by atoms with van der Waals surface area (Å²) < 4.78 is 0. The average Bonchev–Trinajstić information content (AvgIpc) is 2.85. The summed E-state index contributed by atoms with van der Waals surface area (Å²) in [6, 6.07) is 0. The van der Waals surface area contributed by atoms with E-state index in [1.807, 2.05) is 16.3 Å². The van der Waals surface area contributed by atoms with Gasteiger partial charge in [0.15, 0.2) is 5.13 Å². The van der Waals surface area contributed by atoms with Gasteiger partial charge >= 0.3 is 0 Å². The lowest BCUT2D eigenvalue weighted by Crippen LogP contribution is -2.12. The fourth-order valence-corrected chi connectivity index (χ4v) is 2.27. The molecule has 0 saturated carbocycles. The number of hydrogen-bond acceptors (Lipinski definition) is 6. The second-order valence-corrected chi connectivity index (χ2v) is 4.20. The molecule has 0 aliphatic heterocycles. The average molecular weight is 226 g/mol. The number of rotatable bonds is 4. The summed E-state index contributed by atoms with van der Waals surface area (Å²) >= 11 is 3.15. The Balaban J connectivity index is 2.10. The lowest BCUT2D eigenvalue weighted by Gasteiger charge is -1.96. The number of anilines is 1. The van der Waals surface area contributed by atoms with Gasteiger partial charge in [0.1, 0.15) is 11.4 Å². The molecular formula is C8H10N4S2. The number of nitrogens with one attached hydrogen (secondary N) is 1. The molecule has 2 heterocycles. The van der Waals surface area contributed by atoms with E-state index in [2.05, 4.69) is 15.3 Å².